The van der Waals surface area contributed by atoms with E-state index in [4.69, 9.17) is 5.73 Å². The summed E-state index contributed by atoms with van der Waals surface area (Å²) in [5.41, 5.74) is 5.87. The van der Waals surface area contributed by atoms with Gasteiger partial charge in [0.25, 0.3) is 0 Å². The summed E-state index contributed by atoms with van der Waals surface area (Å²) >= 11 is 0. The van der Waals surface area contributed by atoms with Crippen LogP contribution in [-0.4, -0.2) is 54.3 Å². The van der Waals surface area contributed by atoms with Crippen molar-refractivity contribution < 1.29 is 9.59 Å². The lowest BCUT2D eigenvalue weighted by molar-refractivity contribution is -0.145. The van der Waals surface area contributed by atoms with Crippen LogP contribution in [0.3, 0.4) is 0 Å². The van der Waals surface area contributed by atoms with E-state index in [1.807, 2.05) is 4.90 Å². The fourth-order valence-electron chi connectivity index (χ4n) is 2.62. The van der Waals surface area contributed by atoms with Gasteiger partial charge in [-0.05, 0) is 19.3 Å². The summed E-state index contributed by atoms with van der Waals surface area (Å²) in [7, 11) is 1.79. The van der Waals surface area contributed by atoms with E-state index in [-0.39, 0.29) is 23.8 Å². The van der Waals surface area contributed by atoms with Gasteiger partial charge in [-0.3, -0.25) is 9.59 Å². The van der Waals surface area contributed by atoms with Gasteiger partial charge in [-0.15, -0.1) is 0 Å². The van der Waals surface area contributed by atoms with E-state index in [1.54, 1.807) is 11.9 Å². The Balaban J connectivity index is 1.93. The molecule has 2 fully saturated rings. The number of nitrogens with two attached hydrogens (primary N) is 1. The monoisotopic (exact) mass is 239 g/mol. The van der Waals surface area contributed by atoms with Crippen LogP contribution in [0.15, 0.2) is 0 Å². The second-order valence-corrected chi connectivity index (χ2v) is 5.19. The molecule has 2 rings (SSSR count). The van der Waals surface area contributed by atoms with Gasteiger partial charge in [0.05, 0.1) is 0 Å². The lowest BCUT2D eigenvalue weighted by atomic mass is 9.93. The molecule has 2 heterocycles. The Morgan fingerprint density at radius 1 is 1.35 bits per heavy atom. The van der Waals surface area contributed by atoms with Crippen molar-refractivity contribution in [3.05, 3.63) is 0 Å². The number of carbonyl (C=O) groups is 2. The third-order valence-electron chi connectivity index (χ3n) is 3.78. The van der Waals surface area contributed by atoms with Crippen molar-refractivity contribution in [1.29, 1.82) is 0 Å². The zero-order chi connectivity index (χ0) is 12.4. The number of hydrogen-bond acceptors (Lipinski definition) is 3. The van der Waals surface area contributed by atoms with Gasteiger partial charge in [-0.25, -0.2) is 0 Å². The number of likely N-dealkylation sites (tertiary alicyclic amines) is 2. The normalized spacial score (nSPS) is 30.6. The summed E-state index contributed by atoms with van der Waals surface area (Å²) in [5, 5.41) is 0. The summed E-state index contributed by atoms with van der Waals surface area (Å²) in [5.74, 6) is 0.0847. The van der Waals surface area contributed by atoms with Crippen LogP contribution in [0.2, 0.25) is 0 Å². The highest BCUT2D eigenvalue weighted by molar-refractivity contribution is 5.87. The van der Waals surface area contributed by atoms with Crippen molar-refractivity contribution in [3.8, 4) is 0 Å². The topological polar surface area (TPSA) is 66.6 Å². The van der Waals surface area contributed by atoms with Crippen LogP contribution in [0.5, 0.6) is 0 Å². The minimum Gasteiger partial charge on any atom is -0.346 e. The molecule has 96 valence electrons. The summed E-state index contributed by atoms with van der Waals surface area (Å²) in [6.45, 7) is 2.14. The van der Waals surface area contributed by atoms with Crippen LogP contribution in [0.4, 0.5) is 0 Å². The van der Waals surface area contributed by atoms with E-state index in [9.17, 15) is 9.59 Å². The molecule has 2 N–H and O–H groups in total. The van der Waals surface area contributed by atoms with Crippen LogP contribution in [0.1, 0.15) is 25.7 Å². The van der Waals surface area contributed by atoms with E-state index in [0.29, 0.717) is 19.5 Å². The van der Waals surface area contributed by atoms with Crippen LogP contribution < -0.4 is 5.73 Å². The smallest absolute Gasteiger partial charge is 0.226 e. The van der Waals surface area contributed by atoms with Crippen molar-refractivity contribution >= 4 is 11.8 Å². The fraction of sp³-hybridized carbons (Fsp3) is 0.833. The quantitative estimate of drug-likeness (QED) is 0.689. The van der Waals surface area contributed by atoms with Gasteiger partial charge < -0.3 is 15.5 Å². The SMILES string of the molecule is CN1CC[C@H](C(=O)N2CCC[C@@H](N)C2)CC1=O. The summed E-state index contributed by atoms with van der Waals surface area (Å²) in [4.78, 5) is 27.4. The van der Waals surface area contributed by atoms with Crippen molar-refractivity contribution in [2.45, 2.75) is 31.7 Å². The van der Waals surface area contributed by atoms with Crippen molar-refractivity contribution in [1.82, 2.24) is 9.80 Å². The van der Waals surface area contributed by atoms with Gasteiger partial charge >= 0.3 is 0 Å². The number of nitrogens with zero attached hydrogens (tertiary/aromatic N) is 2. The standard InChI is InChI=1S/C12H21N3O2/c1-14-6-4-9(7-11(14)16)12(17)15-5-2-3-10(13)8-15/h9-10H,2-8,13H2,1H3/t9-,10+/m0/s1. The molecule has 5 nitrogen and oxygen atoms in total. The first-order valence-electron chi connectivity index (χ1n) is 6.36. The average Bonchev–Trinajstić information content (AvgIpc) is 2.32. The molecule has 0 bridgehead atoms. The number of rotatable bonds is 1. The lowest BCUT2D eigenvalue weighted by Gasteiger charge is -2.35. The summed E-state index contributed by atoms with van der Waals surface area (Å²) < 4.78 is 0. The molecular weight excluding hydrogens is 218 g/mol. The summed E-state index contributed by atoms with van der Waals surface area (Å²) in [6.07, 6.45) is 3.12. The molecule has 2 saturated heterocycles. The molecule has 2 amide bonds. The highest BCUT2D eigenvalue weighted by Gasteiger charge is 2.32. The molecule has 0 spiro atoms. The maximum atomic E-state index is 12.3. The van der Waals surface area contributed by atoms with Crippen LogP contribution >= 0.6 is 0 Å². The maximum Gasteiger partial charge on any atom is 0.226 e. The van der Waals surface area contributed by atoms with Gasteiger partial charge in [-0.2, -0.15) is 0 Å². The Labute approximate surface area is 102 Å². The first-order chi connectivity index (χ1) is 8.08. The Hall–Kier alpha value is -1.10. The van der Waals surface area contributed by atoms with Gasteiger partial charge in [-0.1, -0.05) is 0 Å². The molecule has 17 heavy (non-hydrogen) atoms. The van der Waals surface area contributed by atoms with E-state index in [0.717, 1.165) is 25.8 Å². The molecule has 5 heteroatoms. The summed E-state index contributed by atoms with van der Waals surface area (Å²) in [6, 6.07) is 0.106. The number of piperidine rings is 2. The lowest BCUT2D eigenvalue weighted by Crippen LogP contribution is -2.50. The predicted molar refractivity (Wildman–Crippen MR) is 64.2 cm³/mol. The molecule has 0 aromatic carbocycles. The van der Waals surface area contributed by atoms with Crippen molar-refractivity contribution in [3.63, 3.8) is 0 Å². The largest absolute Gasteiger partial charge is 0.346 e. The number of hydrogen-bond donors (Lipinski definition) is 1. The van der Waals surface area contributed by atoms with Crippen molar-refractivity contribution in [2.24, 2.45) is 11.7 Å². The highest BCUT2D eigenvalue weighted by Crippen LogP contribution is 2.21. The third kappa shape index (κ3) is 2.77. The molecular formula is C12H21N3O2. The molecule has 2 aliphatic heterocycles. The fourth-order valence-corrected chi connectivity index (χ4v) is 2.62. The van der Waals surface area contributed by atoms with Gasteiger partial charge in [0.1, 0.15) is 0 Å². The molecule has 0 radical (unpaired) electrons. The molecule has 0 aliphatic carbocycles. The first kappa shape index (κ1) is 12.4. The molecule has 2 atom stereocenters. The molecule has 0 unspecified atom stereocenters. The second kappa shape index (κ2) is 5.04. The highest BCUT2D eigenvalue weighted by atomic mass is 16.2. The Kier molecular flexibility index (Phi) is 3.66. The molecule has 2 aliphatic rings. The predicted octanol–water partition coefficient (Wildman–Crippen LogP) is -0.195. The zero-order valence-corrected chi connectivity index (χ0v) is 10.4. The van der Waals surface area contributed by atoms with Gasteiger partial charge in [0.2, 0.25) is 11.8 Å². The Morgan fingerprint density at radius 2 is 2.12 bits per heavy atom. The van der Waals surface area contributed by atoms with Gasteiger partial charge in [0, 0.05) is 45.1 Å². The number of amides is 2. The Bertz CT molecular complexity index is 319. The van der Waals surface area contributed by atoms with Crippen molar-refractivity contribution in [2.75, 3.05) is 26.7 Å². The van der Waals surface area contributed by atoms with Crippen LogP contribution in [0.25, 0.3) is 0 Å². The van der Waals surface area contributed by atoms with Crippen LogP contribution in [0, 0.1) is 5.92 Å². The third-order valence-corrected chi connectivity index (χ3v) is 3.78. The maximum absolute atomic E-state index is 12.3. The van der Waals surface area contributed by atoms with Crippen LogP contribution in [-0.2, 0) is 9.59 Å². The molecule has 0 aromatic rings. The zero-order valence-electron chi connectivity index (χ0n) is 10.4. The number of carbonyl (C=O) groups excluding carboxylic acids is 2. The second-order valence-electron chi connectivity index (χ2n) is 5.19. The van der Waals surface area contributed by atoms with E-state index >= 15 is 0 Å². The van der Waals surface area contributed by atoms with Gasteiger partial charge in [0.15, 0.2) is 0 Å². The molecule has 0 saturated carbocycles. The average molecular weight is 239 g/mol. The molecule has 0 aromatic heterocycles. The van der Waals surface area contributed by atoms with E-state index in [1.165, 1.54) is 0 Å². The minimum absolute atomic E-state index is 0.0795. The van der Waals surface area contributed by atoms with E-state index in [2.05, 4.69) is 0 Å². The van der Waals surface area contributed by atoms with E-state index < -0.39 is 0 Å². The first-order valence-corrected chi connectivity index (χ1v) is 6.36. The Morgan fingerprint density at radius 3 is 2.76 bits per heavy atom. The minimum atomic E-state index is -0.121.